The molecule has 3 rings (SSSR count). The van der Waals surface area contributed by atoms with E-state index < -0.39 is 11.7 Å². The molecule has 0 bridgehead atoms. The lowest BCUT2D eigenvalue weighted by Gasteiger charge is -2.19. The summed E-state index contributed by atoms with van der Waals surface area (Å²) in [6, 6.07) is 10.1. The zero-order valence-corrected chi connectivity index (χ0v) is 18.3. The Morgan fingerprint density at radius 2 is 2.04 bits per heavy atom. The lowest BCUT2D eigenvalue weighted by molar-refractivity contribution is 0.0520. The van der Waals surface area contributed by atoms with E-state index in [1.54, 1.807) is 11.3 Å². The van der Waals surface area contributed by atoms with Crippen molar-refractivity contribution < 1.29 is 13.9 Å². The molecule has 0 atom stereocenters. The van der Waals surface area contributed by atoms with Gasteiger partial charge in [-0.25, -0.2) is 4.79 Å². The maximum absolute atomic E-state index is 11.8. The standard InChI is InChI=1S/C22H24ClNO3S/c1-6-13(2)18-7-8-19(28-18)14-9-15-10-16(26-20(15)17(23)11-14)12-24-21(25)27-22(3,4)5/h6-11H,12H2,1-5H3,(H,24,25). The molecule has 1 aromatic carbocycles. The van der Waals surface area contributed by atoms with Gasteiger partial charge in [-0.2, -0.15) is 0 Å². The van der Waals surface area contributed by atoms with Gasteiger partial charge in [-0.3, -0.25) is 0 Å². The van der Waals surface area contributed by atoms with E-state index in [0.717, 1.165) is 15.8 Å². The van der Waals surface area contributed by atoms with E-state index in [0.29, 0.717) is 16.4 Å². The minimum atomic E-state index is -0.541. The van der Waals surface area contributed by atoms with E-state index in [1.807, 2.05) is 39.8 Å². The van der Waals surface area contributed by atoms with E-state index >= 15 is 0 Å². The van der Waals surface area contributed by atoms with Crippen molar-refractivity contribution in [2.45, 2.75) is 46.8 Å². The molecule has 2 aromatic heterocycles. The highest BCUT2D eigenvalue weighted by Crippen LogP contribution is 2.37. The fourth-order valence-electron chi connectivity index (χ4n) is 2.71. The minimum absolute atomic E-state index is 0.235. The zero-order valence-electron chi connectivity index (χ0n) is 16.7. The Morgan fingerprint density at radius 3 is 2.71 bits per heavy atom. The van der Waals surface area contributed by atoms with E-state index in [1.165, 1.54) is 10.5 Å². The second kappa shape index (κ2) is 8.02. The van der Waals surface area contributed by atoms with Crippen molar-refractivity contribution >= 4 is 45.6 Å². The molecule has 0 fully saturated rings. The average molecular weight is 418 g/mol. The molecule has 1 N–H and O–H groups in total. The molecule has 0 aliphatic carbocycles. The number of hydrogen-bond donors (Lipinski definition) is 1. The normalized spacial score (nSPS) is 12.4. The number of furan rings is 1. The maximum Gasteiger partial charge on any atom is 0.408 e. The van der Waals surface area contributed by atoms with Crippen molar-refractivity contribution in [3.8, 4) is 10.4 Å². The number of alkyl carbamates (subject to hydrolysis) is 1. The monoisotopic (exact) mass is 417 g/mol. The van der Waals surface area contributed by atoms with Crippen molar-refractivity contribution in [1.29, 1.82) is 0 Å². The summed E-state index contributed by atoms with van der Waals surface area (Å²) in [5.41, 5.74) is 2.38. The third-order valence-electron chi connectivity index (χ3n) is 4.14. The molecule has 6 heteroatoms. The lowest BCUT2D eigenvalue weighted by atomic mass is 10.1. The molecule has 28 heavy (non-hydrogen) atoms. The van der Waals surface area contributed by atoms with Crippen molar-refractivity contribution in [2.75, 3.05) is 0 Å². The number of nitrogens with one attached hydrogen (secondary N) is 1. The number of ether oxygens (including phenoxy) is 1. The zero-order chi connectivity index (χ0) is 20.5. The number of benzene rings is 1. The van der Waals surface area contributed by atoms with Crippen molar-refractivity contribution in [2.24, 2.45) is 0 Å². The minimum Gasteiger partial charge on any atom is -0.458 e. The first-order valence-electron chi connectivity index (χ1n) is 9.08. The van der Waals surface area contributed by atoms with Crippen molar-refractivity contribution in [3.63, 3.8) is 0 Å². The molecule has 0 radical (unpaired) electrons. The number of carbonyl (C=O) groups excluding carboxylic acids is 1. The topological polar surface area (TPSA) is 51.5 Å². The van der Waals surface area contributed by atoms with E-state index in [-0.39, 0.29) is 6.54 Å². The first-order chi connectivity index (χ1) is 13.2. The van der Waals surface area contributed by atoms with Crippen LogP contribution in [-0.2, 0) is 11.3 Å². The van der Waals surface area contributed by atoms with Crippen LogP contribution in [0.5, 0.6) is 0 Å². The summed E-state index contributed by atoms with van der Waals surface area (Å²) in [5, 5.41) is 4.16. The average Bonchev–Trinajstić information content (AvgIpc) is 3.25. The summed E-state index contributed by atoms with van der Waals surface area (Å²) in [5.74, 6) is 0.622. The molecule has 0 aliphatic rings. The fraction of sp³-hybridized carbons (Fsp3) is 0.318. The van der Waals surface area contributed by atoms with Crippen LogP contribution in [0.2, 0.25) is 5.02 Å². The van der Waals surface area contributed by atoms with Crippen LogP contribution in [0, 0.1) is 0 Å². The van der Waals surface area contributed by atoms with Gasteiger partial charge in [0, 0.05) is 15.1 Å². The first kappa shape index (κ1) is 20.5. The summed E-state index contributed by atoms with van der Waals surface area (Å²) in [7, 11) is 0. The van der Waals surface area contributed by atoms with Crippen LogP contribution >= 0.6 is 22.9 Å². The molecule has 0 spiro atoms. The van der Waals surface area contributed by atoms with Gasteiger partial charge in [0.25, 0.3) is 0 Å². The molecule has 0 saturated carbocycles. The number of hydrogen-bond acceptors (Lipinski definition) is 4. The van der Waals surface area contributed by atoms with Crippen LogP contribution in [0.25, 0.3) is 27.0 Å². The van der Waals surface area contributed by atoms with Gasteiger partial charge in [0.15, 0.2) is 5.58 Å². The molecule has 2 heterocycles. The Kier molecular flexibility index (Phi) is 5.87. The van der Waals surface area contributed by atoms with Gasteiger partial charge in [-0.15, -0.1) is 11.3 Å². The van der Waals surface area contributed by atoms with Gasteiger partial charge in [-0.1, -0.05) is 17.7 Å². The molecule has 0 saturated heterocycles. The predicted molar refractivity (Wildman–Crippen MR) is 117 cm³/mol. The Bertz CT molecular complexity index is 1040. The van der Waals surface area contributed by atoms with Gasteiger partial charge >= 0.3 is 6.09 Å². The molecule has 4 nitrogen and oxygen atoms in total. The molecule has 0 unspecified atom stereocenters. The van der Waals surface area contributed by atoms with Gasteiger partial charge in [0.05, 0.1) is 11.6 Å². The van der Waals surface area contributed by atoms with Crippen molar-refractivity contribution in [3.05, 3.63) is 52.1 Å². The molecular formula is C22H24ClNO3S. The highest BCUT2D eigenvalue weighted by atomic mass is 35.5. The molecule has 1 amide bonds. The second-order valence-corrected chi connectivity index (χ2v) is 9.07. The lowest BCUT2D eigenvalue weighted by Crippen LogP contribution is -2.32. The third kappa shape index (κ3) is 4.78. The van der Waals surface area contributed by atoms with Crippen LogP contribution in [0.4, 0.5) is 4.79 Å². The summed E-state index contributed by atoms with van der Waals surface area (Å²) in [6.45, 7) is 9.84. The van der Waals surface area contributed by atoms with Crippen LogP contribution in [0.1, 0.15) is 45.3 Å². The highest BCUT2D eigenvalue weighted by Gasteiger charge is 2.17. The number of thiophene rings is 1. The SMILES string of the molecule is CC=C(C)c1ccc(-c2cc(Cl)c3oc(CNC(=O)OC(C)(C)C)cc3c2)s1. The number of halogens is 1. The Hall–Kier alpha value is -2.24. The summed E-state index contributed by atoms with van der Waals surface area (Å²) in [6.07, 6.45) is 1.62. The molecule has 3 aromatic rings. The largest absolute Gasteiger partial charge is 0.458 e. The number of fused-ring (bicyclic) bond motifs is 1. The van der Waals surface area contributed by atoms with Crippen LogP contribution in [0.3, 0.4) is 0 Å². The first-order valence-corrected chi connectivity index (χ1v) is 10.3. The van der Waals surface area contributed by atoms with Gasteiger partial charge < -0.3 is 14.5 Å². The highest BCUT2D eigenvalue weighted by molar-refractivity contribution is 7.16. The maximum atomic E-state index is 11.8. The van der Waals surface area contributed by atoms with Crippen LogP contribution in [-0.4, -0.2) is 11.7 Å². The Morgan fingerprint density at radius 1 is 1.29 bits per heavy atom. The van der Waals surface area contributed by atoms with Gasteiger partial charge in [0.2, 0.25) is 0 Å². The van der Waals surface area contributed by atoms with Crippen LogP contribution in [0.15, 0.2) is 40.8 Å². The van der Waals surface area contributed by atoms with E-state index in [9.17, 15) is 4.79 Å². The van der Waals surface area contributed by atoms with Crippen LogP contribution < -0.4 is 5.32 Å². The van der Waals surface area contributed by atoms with Crippen molar-refractivity contribution in [1.82, 2.24) is 5.32 Å². The van der Waals surface area contributed by atoms with E-state index in [2.05, 4.69) is 36.5 Å². The van der Waals surface area contributed by atoms with Gasteiger partial charge in [-0.05, 0) is 76.1 Å². The Balaban J connectivity index is 1.82. The van der Waals surface area contributed by atoms with Gasteiger partial charge in [0.1, 0.15) is 11.4 Å². The quantitative estimate of drug-likeness (QED) is 0.485. The number of carbonyl (C=O) groups is 1. The summed E-state index contributed by atoms with van der Waals surface area (Å²) >= 11 is 8.19. The summed E-state index contributed by atoms with van der Waals surface area (Å²) < 4.78 is 11.1. The Labute approximate surface area is 174 Å². The number of rotatable bonds is 4. The fourth-order valence-corrected chi connectivity index (χ4v) is 4.00. The molecule has 148 valence electrons. The molecule has 0 aliphatic heterocycles. The number of amides is 1. The summed E-state index contributed by atoms with van der Waals surface area (Å²) in [4.78, 5) is 14.2. The third-order valence-corrected chi connectivity index (χ3v) is 5.69. The number of allylic oxidation sites excluding steroid dienone is 2. The molecular weight excluding hydrogens is 394 g/mol. The predicted octanol–water partition coefficient (Wildman–Crippen LogP) is 7.26. The smallest absolute Gasteiger partial charge is 0.408 e. The second-order valence-electron chi connectivity index (χ2n) is 7.58. The van der Waals surface area contributed by atoms with E-state index in [4.69, 9.17) is 20.8 Å².